The van der Waals surface area contributed by atoms with Gasteiger partial charge >= 0.3 is 0 Å². The van der Waals surface area contributed by atoms with E-state index in [2.05, 4.69) is 55.1 Å². The molecule has 6 heteroatoms. The molecule has 0 aliphatic heterocycles. The quantitative estimate of drug-likeness (QED) is 0.518. The summed E-state index contributed by atoms with van der Waals surface area (Å²) in [7, 11) is 1.52. The van der Waals surface area contributed by atoms with E-state index in [-0.39, 0.29) is 5.75 Å². The van der Waals surface area contributed by atoms with Crippen molar-refractivity contribution >= 4 is 24.4 Å². The number of aromatic hydroxyl groups is 1. The minimum absolute atomic E-state index is 0.0851. The number of phenolic OH excluding ortho intramolecular Hbond substituents is 1. The van der Waals surface area contributed by atoms with Gasteiger partial charge in [0.15, 0.2) is 11.5 Å². The van der Waals surface area contributed by atoms with Gasteiger partial charge in [-0.25, -0.2) is 4.98 Å². The van der Waals surface area contributed by atoms with Crippen molar-refractivity contribution in [3.05, 3.63) is 60.1 Å². The third-order valence-corrected chi connectivity index (χ3v) is 4.70. The van der Waals surface area contributed by atoms with Gasteiger partial charge in [-0.15, -0.1) is 0 Å². The lowest BCUT2D eigenvalue weighted by Gasteiger charge is -2.13. The standard InChI is InChI=1S/C23H26N4O2/c1-15(2)17-6-9-19(10-7-17)26-23-22(25-16(3)27(23)13-12-24-4)18-8-11-20(28)21(14-18)29-5/h6-15,26,28H,4H2,1-3,5H3. The molecule has 0 bridgehead atoms. The van der Waals surface area contributed by atoms with Gasteiger partial charge in [0.2, 0.25) is 0 Å². The van der Waals surface area contributed by atoms with E-state index >= 15 is 0 Å². The van der Waals surface area contributed by atoms with Crippen molar-refractivity contribution in [2.45, 2.75) is 26.7 Å². The maximum atomic E-state index is 9.94. The SMILES string of the molecule is C=NC=Cn1c(C)nc(-c2ccc(O)c(OC)c2)c1Nc1ccc(C(C)C)cc1. The number of aliphatic imine (C=N–C) groups is 1. The number of nitrogens with zero attached hydrogens (tertiary/aromatic N) is 3. The van der Waals surface area contributed by atoms with Crippen LogP contribution in [0.3, 0.4) is 0 Å². The summed E-state index contributed by atoms with van der Waals surface area (Å²) in [5.74, 6) is 2.52. The zero-order valence-corrected chi connectivity index (χ0v) is 17.2. The molecule has 3 rings (SSSR count). The highest BCUT2D eigenvalue weighted by Gasteiger charge is 2.17. The van der Waals surface area contributed by atoms with Gasteiger partial charge in [0.25, 0.3) is 0 Å². The van der Waals surface area contributed by atoms with Crippen molar-refractivity contribution in [2.24, 2.45) is 4.99 Å². The monoisotopic (exact) mass is 390 g/mol. The Balaban J connectivity index is 2.10. The van der Waals surface area contributed by atoms with Crippen LogP contribution in [0.25, 0.3) is 17.5 Å². The first-order chi connectivity index (χ1) is 13.9. The van der Waals surface area contributed by atoms with Gasteiger partial charge in [-0.2, -0.15) is 0 Å². The fraction of sp³-hybridized carbons (Fsp3) is 0.217. The van der Waals surface area contributed by atoms with Crippen LogP contribution in [0.4, 0.5) is 11.5 Å². The zero-order chi connectivity index (χ0) is 21.0. The number of anilines is 2. The molecular weight excluding hydrogens is 364 g/mol. The number of aromatic nitrogens is 2. The Bertz CT molecular complexity index is 1030. The Hall–Kier alpha value is -3.54. The van der Waals surface area contributed by atoms with Gasteiger partial charge in [0.05, 0.1) is 7.11 Å². The average molecular weight is 390 g/mol. The third kappa shape index (κ3) is 4.32. The molecule has 2 aromatic carbocycles. The van der Waals surface area contributed by atoms with Crippen LogP contribution in [-0.4, -0.2) is 28.5 Å². The molecule has 3 aromatic rings. The Kier molecular flexibility index (Phi) is 6.02. The van der Waals surface area contributed by atoms with Crippen LogP contribution >= 0.6 is 0 Å². The topological polar surface area (TPSA) is 71.7 Å². The number of nitrogens with one attached hydrogen (secondary N) is 1. The summed E-state index contributed by atoms with van der Waals surface area (Å²) in [5.41, 5.74) is 3.78. The third-order valence-electron chi connectivity index (χ3n) is 4.70. The summed E-state index contributed by atoms with van der Waals surface area (Å²) in [6.45, 7) is 9.77. The minimum atomic E-state index is 0.0851. The van der Waals surface area contributed by atoms with E-state index in [0.717, 1.165) is 28.6 Å². The summed E-state index contributed by atoms with van der Waals surface area (Å²) < 4.78 is 7.18. The van der Waals surface area contributed by atoms with E-state index < -0.39 is 0 Å². The van der Waals surface area contributed by atoms with Gasteiger partial charge in [0.1, 0.15) is 17.3 Å². The van der Waals surface area contributed by atoms with Crippen LogP contribution in [-0.2, 0) is 0 Å². The predicted octanol–water partition coefficient (Wildman–Crippen LogP) is 5.57. The molecule has 150 valence electrons. The van der Waals surface area contributed by atoms with Crippen molar-refractivity contribution in [1.82, 2.24) is 9.55 Å². The highest BCUT2D eigenvalue weighted by molar-refractivity contribution is 5.79. The number of phenols is 1. The number of rotatable bonds is 7. The Morgan fingerprint density at radius 3 is 2.55 bits per heavy atom. The largest absolute Gasteiger partial charge is 0.504 e. The number of aryl methyl sites for hydroxylation is 1. The van der Waals surface area contributed by atoms with E-state index in [1.54, 1.807) is 24.5 Å². The number of hydrogen-bond donors (Lipinski definition) is 2. The molecule has 6 nitrogen and oxygen atoms in total. The number of imidazole rings is 1. The van der Waals surface area contributed by atoms with Gasteiger partial charge < -0.3 is 15.2 Å². The van der Waals surface area contributed by atoms with E-state index in [1.165, 1.54) is 12.7 Å². The summed E-state index contributed by atoms with van der Waals surface area (Å²) >= 11 is 0. The van der Waals surface area contributed by atoms with Crippen molar-refractivity contribution in [2.75, 3.05) is 12.4 Å². The smallest absolute Gasteiger partial charge is 0.161 e. The molecule has 29 heavy (non-hydrogen) atoms. The van der Waals surface area contributed by atoms with Crippen LogP contribution in [0.1, 0.15) is 31.2 Å². The summed E-state index contributed by atoms with van der Waals surface area (Å²) in [6.07, 6.45) is 3.42. The second kappa shape index (κ2) is 8.65. The van der Waals surface area contributed by atoms with Gasteiger partial charge in [-0.1, -0.05) is 26.0 Å². The molecule has 1 heterocycles. The van der Waals surface area contributed by atoms with E-state index in [4.69, 9.17) is 9.72 Å². The first-order valence-electron chi connectivity index (χ1n) is 9.40. The maximum Gasteiger partial charge on any atom is 0.161 e. The molecule has 0 atom stereocenters. The molecule has 2 N–H and O–H groups in total. The fourth-order valence-electron chi connectivity index (χ4n) is 3.07. The average Bonchev–Trinajstić information content (AvgIpc) is 3.02. The van der Waals surface area contributed by atoms with Gasteiger partial charge in [-0.3, -0.25) is 9.56 Å². The molecule has 0 spiro atoms. The molecule has 0 aliphatic rings. The molecular formula is C23H26N4O2. The lowest BCUT2D eigenvalue weighted by molar-refractivity contribution is 0.373. The molecule has 0 aliphatic carbocycles. The molecule has 0 fully saturated rings. The molecule has 1 aromatic heterocycles. The number of ether oxygens (including phenoxy) is 1. The minimum Gasteiger partial charge on any atom is -0.504 e. The highest BCUT2D eigenvalue weighted by atomic mass is 16.5. The second-order valence-corrected chi connectivity index (χ2v) is 7.00. The second-order valence-electron chi connectivity index (χ2n) is 7.00. The van der Waals surface area contributed by atoms with Crippen LogP contribution < -0.4 is 10.1 Å². The van der Waals surface area contributed by atoms with Crippen LogP contribution in [0.15, 0.2) is 53.7 Å². The van der Waals surface area contributed by atoms with E-state index in [0.29, 0.717) is 11.7 Å². The molecule has 0 saturated carbocycles. The van der Waals surface area contributed by atoms with Crippen LogP contribution in [0.5, 0.6) is 11.5 Å². The van der Waals surface area contributed by atoms with E-state index in [9.17, 15) is 5.11 Å². The molecule has 0 radical (unpaired) electrons. The summed E-state index contributed by atoms with van der Waals surface area (Å²) in [6, 6.07) is 13.5. The first-order valence-corrected chi connectivity index (χ1v) is 9.40. The lowest BCUT2D eigenvalue weighted by Crippen LogP contribution is -2.00. The van der Waals surface area contributed by atoms with Crippen LogP contribution in [0.2, 0.25) is 0 Å². The first kappa shape index (κ1) is 20.2. The Morgan fingerprint density at radius 1 is 1.21 bits per heavy atom. The molecule has 0 amide bonds. The number of benzene rings is 2. The lowest BCUT2D eigenvalue weighted by atomic mass is 10.0. The van der Waals surface area contributed by atoms with Crippen molar-refractivity contribution in [3.8, 4) is 22.8 Å². The maximum absolute atomic E-state index is 9.94. The predicted molar refractivity (Wildman–Crippen MR) is 119 cm³/mol. The van der Waals surface area contributed by atoms with Gasteiger partial charge in [0, 0.05) is 23.7 Å². The summed E-state index contributed by atoms with van der Waals surface area (Å²) in [4.78, 5) is 8.54. The molecule has 0 unspecified atom stereocenters. The van der Waals surface area contributed by atoms with Gasteiger partial charge in [-0.05, 0) is 55.5 Å². The Morgan fingerprint density at radius 2 is 1.93 bits per heavy atom. The van der Waals surface area contributed by atoms with Crippen molar-refractivity contribution < 1.29 is 9.84 Å². The van der Waals surface area contributed by atoms with Crippen LogP contribution in [0, 0.1) is 6.92 Å². The van der Waals surface area contributed by atoms with E-state index in [1.807, 2.05) is 17.6 Å². The number of hydrogen-bond acceptors (Lipinski definition) is 5. The van der Waals surface area contributed by atoms with Crippen molar-refractivity contribution in [3.63, 3.8) is 0 Å². The van der Waals surface area contributed by atoms with Crippen molar-refractivity contribution in [1.29, 1.82) is 0 Å². The highest BCUT2D eigenvalue weighted by Crippen LogP contribution is 2.36. The Labute approximate surface area is 171 Å². The normalized spacial score (nSPS) is 11.2. The zero-order valence-electron chi connectivity index (χ0n) is 17.2. The number of methoxy groups -OCH3 is 1. The fourth-order valence-corrected chi connectivity index (χ4v) is 3.07. The molecule has 0 saturated heterocycles. The summed E-state index contributed by atoms with van der Waals surface area (Å²) in [5, 5.41) is 13.4.